The van der Waals surface area contributed by atoms with Crippen molar-refractivity contribution in [1.29, 1.82) is 0 Å². The minimum atomic E-state index is -1.19. The lowest BCUT2D eigenvalue weighted by Gasteiger charge is -2.24. The van der Waals surface area contributed by atoms with Crippen LogP contribution in [0.2, 0.25) is 0 Å². The number of carboxylic acid groups (broad SMARTS) is 1. The number of hydrogen-bond acceptors (Lipinski definition) is 5. The second kappa shape index (κ2) is 6.06. The van der Waals surface area contributed by atoms with Gasteiger partial charge in [-0.1, -0.05) is 13.8 Å². The van der Waals surface area contributed by atoms with Gasteiger partial charge in [0.05, 0.1) is 19.1 Å². The smallest absolute Gasteiger partial charge is 0.332 e. The summed E-state index contributed by atoms with van der Waals surface area (Å²) in [6.07, 6.45) is 1.19. The Morgan fingerprint density at radius 2 is 1.93 bits per heavy atom. The number of carbonyl (C=O) groups is 2. The molecule has 0 spiro atoms. The number of carbonyl (C=O) groups excluding carboxylic acids is 2. The standard InChI is InChI=1S/C10H17NO4/c1-6(2)9(10(13)14)11-7(3)5-8(12)15-4/h5-6,9,11H,1-4H3,(H,13,14)/p-1. The molecule has 0 amide bonds. The maximum Gasteiger partial charge on any atom is 0.332 e. The van der Waals surface area contributed by atoms with Gasteiger partial charge in [0.2, 0.25) is 0 Å². The summed E-state index contributed by atoms with van der Waals surface area (Å²) < 4.78 is 4.41. The molecule has 0 radical (unpaired) electrons. The van der Waals surface area contributed by atoms with E-state index in [0.717, 1.165) is 0 Å². The third kappa shape index (κ3) is 5.05. The molecule has 0 saturated heterocycles. The lowest BCUT2D eigenvalue weighted by molar-refractivity contribution is -0.309. The van der Waals surface area contributed by atoms with Gasteiger partial charge >= 0.3 is 5.97 Å². The minimum Gasteiger partial charge on any atom is -0.548 e. The molecule has 0 fully saturated rings. The van der Waals surface area contributed by atoms with Crippen LogP contribution in [0.25, 0.3) is 0 Å². The van der Waals surface area contributed by atoms with Crippen molar-refractivity contribution in [2.24, 2.45) is 5.92 Å². The van der Waals surface area contributed by atoms with Gasteiger partial charge < -0.3 is 20.0 Å². The van der Waals surface area contributed by atoms with Crippen LogP contribution >= 0.6 is 0 Å². The van der Waals surface area contributed by atoms with E-state index in [1.807, 2.05) is 0 Å². The molecule has 15 heavy (non-hydrogen) atoms. The fourth-order valence-corrected chi connectivity index (χ4v) is 1.02. The average molecular weight is 214 g/mol. The van der Waals surface area contributed by atoms with Crippen molar-refractivity contribution in [2.45, 2.75) is 26.8 Å². The quantitative estimate of drug-likeness (QED) is 0.489. The van der Waals surface area contributed by atoms with Crippen LogP contribution in [0.1, 0.15) is 20.8 Å². The molecule has 1 atom stereocenters. The maximum absolute atomic E-state index is 10.8. The van der Waals surface area contributed by atoms with Gasteiger partial charge in [0.1, 0.15) is 0 Å². The number of aliphatic carboxylic acids is 1. The highest BCUT2D eigenvalue weighted by atomic mass is 16.5. The van der Waals surface area contributed by atoms with Gasteiger partial charge in [-0.15, -0.1) is 0 Å². The van der Waals surface area contributed by atoms with Crippen LogP contribution in [-0.4, -0.2) is 25.1 Å². The number of rotatable bonds is 5. The Hall–Kier alpha value is -1.52. The molecule has 0 heterocycles. The summed E-state index contributed by atoms with van der Waals surface area (Å²) in [5.41, 5.74) is 0.435. The van der Waals surface area contributed by atoms with Gasteiger partial charge in [-0.05, 0) is 12.8 Å². The third-order valence-electron chi connectivity index (χ3n) is 1.84. The second-order valence-corrected chi connectivity index (χ2v) is 3.54. The Morgan fingerprint density at radius 3 is 2.27 bits per heavy atom. The Balaban J connectivity index is 4.48. The van der Waals surface area contributed by atoms with E-state index in [1.54, 1.807) is 20.8 Å². The van der Waals surface area contributed by atoms with Crippen molar-refractivity contribution < 1.29 is 19.4 Å². The first kappa shape index (κ1) is 13.5. The van der Waals surface area contributed by atoms with E-state index in [0.29, 0.717) is 5.70 Å². The summed E-state index contributed by atoms with van der Waals surface area (Å²) in [6.45, 7) is 5.09. The highest BCUT2D eigenvalue weighted by Gasteiger charge is 2.14. The molecule has 5 heteroatoms. The third-order valence-corrected chi connectivity index (χ3v) is 1.84. The topological polar surface area (TPSA) is 78.5 Å². The summed E-state index contributed by atoms with van der Waals surface area (Å²) in [5.74, 6) is -1.85. The van der Waals surface area contributed by atoms with E-state index in [2.05, 4.69) is 10.1 Å². The number of esters is 1. The zero-order chi connectivity index (χ0) is 12.0. The fraction of sp³-hybridized carbons (Fsp3) is 0.600. The molecule has 0 aliphatic rings. The van der Waals surface area contributed by atoms with E-state index in [1.165, 1.54) is 13.2 Å². The molecule has 0 aliphatic heterocycles. The number of carboxylic acids is 1. The monoisotopic (exact) mass is 214 g/mol. The Kier molecular flexibility index (Phi) is 5.44. The molecular formula is C10H16NO4-. The Labute approximate surface area is 89.1 Å². The van der Waals surface area contributed by atoms with E-state index in [4.69, 9.17) is 0 Å². The average Bonchev–Trinajstić information content (AvgIpc) is 2.12. The Morgan fingerprint density at radius 1 is 1.40 bits per heavy atom. The lowest BCUT2D eigenvalue weighted by Crippen LogP contribution is -2.48. The van der Waals surface area contributed by atoms with Gasteiger partial charge in [-0.25, -0.2) is 4.79 Å². The lowest BCUT2D eigenvalue weighted by atomic mass is 10.0. The van der Waals surface area contributed by atoms with E-state index in [9.17, 15) is 14.7 Å². The Bertz CT molecular complexity index is 271. The van der Waals surface area contributed by atoms with Crippen LogP contribution in [0.3, 0.4) is 0 Å². The van der Waals surface area contributed by atoms with Crippen LogP contribution < -0.4 is 10.4 Å². The second-order valence-electron chi connectivity index (χ2n) is 3.54. The van der Waals surface area contributed by atoms with Crippen LogP contribution in [0, 0.1) is 5.92 Å². The number of methoxy groups -OCH3 is 1. The molecule has 0 aromatic carbocycles. The van der Waals surface area contributed by atoms with E-state index in [-0.39, 0.29) is 5.92 Å². The minimum absolute atomic E-state index is 0.129. The van der Waals surface area contributed by atoms with Crippen LogP contribution in [0.5, 0.6) is 0 Å². The molecule has 0 aromatic heterocycles. The molecular weight excluding hydrogens is 198 g/mol. The van der Waals surface area contributed by atoms with Crippen molar-refractivity contribution >= 4 is 11.9 Å². The van der Waals surface area contributed by atoms with Gasteiger partial charge in [0, 0.05) is 11.8 Å². The van der Waals surface area contributed by atoms with Gasteiger partial charge in [-0.2, -0.15) is 0 Å². The molecule has 0 aromatic rings. The van der Waals surface area contributed by atoms with Crippen LogP contribution in [0.15, 0.2) is 11.8 Å². The summed E-state index contributed by atoms with van der Waals surface area (Å²) in [7, 11) is 1.25. The van der Waals surface area contributed by atoms with Crippen molar-refractivity contribution in [3.8, 4) is 0 Å². The predicted molar refractivity (Wildman–Crippen MR) is 52.5 cm³/mol. The molecule has 0 rings (SSSR count). The van der Waals surface area contributed by atoms with Crippen molar-refractivity contribution in [3.05, 3.63) is 11.8 Å². The SMILES string of the molecule is COC(=O)C=C(C)NC(C(=O)[O-])C(C)C. The molecule has 0 bridgehead atoms. The van der Waals surface area contributed by atoms with Crippen molar-refractivity contribution in [3.63, 3.8) is 0 Å². The van der Waals surface area contributed by atoms with E-state index < -0.39 is 18.0 Å². The van der Waals surface area contributed by atoms with Crippen LogP contribution in [-0.2, 0) is 14.3 Å². The summed E-state index contributed by atoms with van der Waals surface area (Å²) in [4.78, 5) is 21.6. The molecule has 5 nitrogen and oxygen atoms in total. The number of allylic oxidation sites excluding steroid dienone is 1. The molecule has 0 aliphatic carbocycles. The molecule has 0 saturated carbocycles. The zero-order valence-corrected chi connectivity index (χ0v) is 9.37. The summed E-state index contributed by atoms with van der Waals surface area (Å²) >= 11 is 0. The van der Waals surface area contributed by atoms with Crippen LogP contribution in [0.4, 0.5) is 0 Å². The maximum atomic E-state index is 10.8. The number of nitrogens with one attached hydrogen (secondary N) is 1. The number of hydrogen-bond donors (Lipinski definition) is 1. The summed E-state index contributed by atoms with van der Waals surface area (Å²) in [5, 5.41) is 13.4. The highest BCUT2D eigenvalue weighted by Crippen LogP contribution is 2.03. The predicted octanol–water partition coefficient (Wildman–Crippen LogP) is -0.573. The largest absolute Gasteiger partial charge is 0.548 e. The molecule has 1 N–H and O–H groups in total. The fourth-order valence-electron chi connectivity index (χ4n) is 1.02. The summed E-state index contributed by atoms with van der Waals surface area (Å²) in [6, 6.07) is -0.814. The normalized spacial score (nSPS) is 13.5. The first-order chi connectivity index (χ1) is 6.88. The zero-order valence-electron chi connectivity index (χ0n) is 9.37. The molecule has 86 valence electrons. The van der Waals surface area contributed by atoms with E-state index >= 15 is 0 Å². The molecule has 1 unspecified atom stereocenters. The van der Waals surface area contributed by atoms with Gasteiger partial charge in [0.25, 0.3) is 0 Å². The van der Waals surface area contributed by atoms with Gasteiger partial charge in [0.15, 0.2) is 0 Å². The first-order valence-corrected chi connectivity index (χ1v) is 4.62. The number of ether oxygens (including phenoxy) is 1. The van der Waals surface area contributed by atoms with Gasteiger partial charge in [-0.3, -0.25) is 0 Å². The van der Waals surface area contributed by atoms with Crippen molar-refractivity contribution in [2.75, 3.05) is 7.11 Å². The first-order valence-electron chi connectivity index (χ1n) is 4.62. The van der Waals surface area contributed by atoms with Crippen molar-refractivity contribution in [1.82, 2.24) is 5.32 Å². The highest BCUT2D eigenvalue weighted by molar-refractivity contribution is 5.82.